The molecule has 0 aromatic carbocycles. The highest BCUT2D eigenvalue weighted by Crippen LogP contribution is 2.25. The molecule has 162 valence electrons. The summed E-state index contributed by atoms with van der Waals surface area (Å²) in [7, 11) is 0. The van der Waals surface area contributed by atoms with Crippen molar-refractivity contribution in [1.82, 2.24) is 5.32 Å². The molecule has 0 radical (unpaired) electrons. The third-order valence-electron chi connectivity index (χ3n) is 4.66. The second-order valence-corrected chi connectivity index (χ2v) is 8.90. The number of aliphatic hydroxyl groups is 1. The van der Waals surface area contributed by atoms with Gasteiger partial charge in [0.25, 0.3) is 0 Å². The maximum atomic E-state index is 12.2. The summed E-state index contributed by atoms with van der Waals surface area (Å²) in [4.78, 5) is 26.5. The molecular weight excluding hydrogens is 364 g/mol. The standard InChI is InChI=1S/C19H36N4O5/c1-11(2)13(10-21-23-20)8-15(22-18(27)28-19(5,6)7)16(24)9-14(12(3)4)17(25)26/h11-16,24H,8-10H2,1-7H3,(H,22,27)(H,25,26)/t13-,14+,15+,16+/m1/s1. The van der Waals surface area contributed by atoms with E-state index in [9.17, 15) is 19.8 Å². The highest BCUT2D eigenvalue weighted by atomic mass is 16.6. The average molecular weight is 401 g/mol. The van der Waals surface area contributed by atoms with Gasteiger partial charge >= 0.3 is 12.1 Å². The zero-order chi connectivity index (χ0) is 22.1. The Morgan fingerprint density at radius 1 is 1.14 bits per heavy atom. The fourth-order valence-electron chi connectivity index (χ4n) is 2.88. The van der Waals surface area contributed by atoms with Gasteiger partial charge in [0.15, 0.2) is 0 Å². The van der Waals surface area contributed by atoms with Crippen LogP contribution in [0.5, 0.6) is 0 Å². The van der Waals surface area contributed by atoms with Crippen molar-refractivity contribution in [3.05, 3.63) is 10.4 Å². The number of amides is 1. The lowest BCUT2D eigenvalue weighted by Gasteiger charge is -2.32. The van der Waals surface area contributed by atoms with E-state index in [4.69, 9.17) is 10.3 Å². The summed E-state index contributed by atoms with van der Waals surface area (Å²) in [5.41, 5.74) is 7.90. The van der Waals surface area contributed by atoms with E-state index in [1.165, 1.54) is 0 Å². The summed E-state index contributed by atoms with van der Waals surface area (Å²) in [6.07, 6.45) is -1.43. The lowest BCUT2D eigenvalue weighted by Crippen LogP contribution is -2.48. The molecule has 0 aliphatic heterocycles. The predicted octanol–water partition coefficient (Wildman–Crippen LogP) is 3.96. The molecule has 3 N–H and O–H groups in total. The van der Waals surface area contributed by atoms with Gasteiger partial charge in [0, 0.05) is 11.5 Å². The number of aliphatic hydroxyl groups excluding tert-OH is 1. The summed E-state index contributed by atoms with van der Waals surface area (Å²) < 4.78 is 5.28. The first-order chi connectivity index (χ1) is 12.8. The number of alkyl carbamates (subject to hydrolysis) is 1. The van der Waals surface area contributed by atoms with E-state index in [0.29, 0.717) is 6.42 Å². The number of hydrogen-bond acceptors (Lipinski definition) is 5. The minimum absolute atomic E-state index is 0.000201. The Balaban J connectivity index is 5.47. The Morgan fingerprint density at radius 2 is 1.71 bits per heavy atom. The van der Waals surface area contributed by atoms with E-state index < -0.39 is 35.7 Å². The number of aliphatic carboxylic acids is 1. The smallest absolute Gasteiger partial charge is 0.407 e. The van der Waals surface area contributed by atoms with Crippen molar-refractivity contribution in [3.63, 3.8) is 0 Å². The number of carboxylic acids is 1. The molecule has 9 nitrogen and oxygen atoms in total. The number of carbonyl (C=O) groups is 2. The molecule has 0 rings (SSSR count). The van der Waals surface area contributed by atoms with Crippen molar-refractivity contribution in [2.45, 2.75) is 79.1 Å². The molecule has 0 aliphatic rings. The molecule has 0 aromatic heterocycles. The van der Waals surface area contributed by atoms with Crippen molar-refractivity contribution in [2.24, 2.45) is 28.8 Å². The van der Waals surface area contributed by atoms with Gasteiger partial charge < -0.3 is 20.3 Å². The second kappa shape index (κ2) is 11.8. The van der Waals surface area contributed by atoms with Gasteiger partial charge in [-0.3, -0.25) is 4.79 Å². The fourth-order valence-corrected chi connectivity index (χ4v) is 2.88. The molecule has 0 aliphatic carbocycles. The molecule has 0 fully saturated rings. The normalized spacial score (nSPS) is 16.1. The van der Waals surface area contributed by atoms with Crippen LogP contribution in [0.15, 0.2) is 5.11 Å². The minimum atomic E-state index is -1.08. The Kier molecular flexibility index (Phi) is 10.9. The van der Waals surface area contributed by atoms with E-state index in [0.717, 1.165) is 0 Å². The highest BCUT2D eigenvalue weighted by molar-refractivity contribution is 5.70. The van der Waals surface area contributed by atoms with E-state index in [2.05, 4.69) is 15.3 Å². The Hall–Kier alpha value is -1.99. The van der Waals surface area contributed by atoms with Crippen molar-refractivity contribution < 1.29 is 24.5 Å². The molecule has 9 heteroatoms. The molecule has 1 amide bonds. The van der Waals surface area contributed by atoms with Gasteiger partial charge in [-0.1, -0.05) is 32.8 Å². The van der Waals surface area contributed by atoms with Crippen LogP contribution in [0.2, 0.25) is 0 Å². The lowest BCUT2D eigenvalue weighted by atomic mass is 9.83. The van der Waals surface area contributed by atoms with Crippen LogP contribution in [0, 0.1) is 23.7 Å². The number of carboxylic acid groups (broad SMARTS) is 1. The minimum Gasteiger partial charge on any atom is -0.481 e. The molecule has 0 bridgehead atoms. The Bertz CT molecular complexity index is 553. The number of rotatable bonds is 11. The van der Waals surface area contributed by atoms with Crippen molar-refractivity contribution in [3.8, 4) is 0 Å². The number of carbonyl (C=O) groups excluding carboxylic acids is 1. The first kappa shape index (κ1) is 26.0. The average Bonchev–Trinajstić information content (AvgIpc) is 2.52. The molecule has 4 atom stereocenters. The van der Waals surface area contributed by atoms with Crippen LogP contribution < -0.4 is 5.32 Å². The van der Waals surface area contributed by atoms with Gasteiger partial charge in [0.2, 0.25) is 0 Å². The first-order valence-corrected chi connectivity index (χ1v) is 9.69. The monoisotopic (exact) mass is 400 g/mol. The second-order valence-electron chi connectivity index (χ2n) is 8.90. The van der Waals surface area contributed by atoms with Crippen LogP contribution in [0.3, 0.4) is 0 Å². The molecular formula is C19H36N4O5. The highest BCUT2D eigenvalue weighted by Gasteiger charge is 2.32. The molecule has 28 heavy (non-hydrogen) atoms. The van der Waals surface area contributed by atoms with Crippen LogP contribution in [0.25, 0.3) is 10.4 Å². The number of azide groups is 1. The van der Waals surface area contributed by atoms with E-state index in [-0.39, 0.29) is 30.7 Å². The Labute approximate surface area is 167 Å². The van der Waals surface area contributed by atoms with Crippen molar-refractivity contribution >= 4 is 12.1 Å². The van der Waals surface area contributed by atoms with Crippen LogP contribution >= 0.6 is 0 Å². The van der Waals surface area contributed by atoms with Crippen LogP contribution in [-0.2, 0) is 9.53 Å². The molecule has 0 saturated carbocycles. The van der Waals surface area contributed by atoms with Crippen LogP contribution in [0.4, 0.5) is 4.79 Å². The van der Waals surface area contributed by atoms with Crippen LogP contribution in [-0.4, -0.2) is 46.6 Å². The largest absolute Gasteiger partial charge is 0.481 e. The summed E-state index contributed by atoms with van der Waals surface area (Å²) in [5.74, 6) is -1.85. The fraction of sp³-hybridized carbons (Fsp3) is 0.895. The molecule has 0 heterocycles. The van der Waals surface area contributed by atoms with E-state index in [1.807, 2.05) is 13.8 Å². The van der Waals surface area contributed by atoms with Gasteiger partial charge in [-0.25, -0.2) is 4.79 Å². The quantitative estimate of drug-likeness (QED) is 0.273. The number of nitrogens with zero attached hydrogens (tertiary/aromatic N) is 3. The van der Waals surface area contributed by atoms with Crippen molar-refractivity contribution in [2.75, 3.05) is 6.54 Å². The van der Waals surface area contributed by atoms with Gasteiger partial charge in [-0.2, -0.15) is 0 Å². The number of hydrogen-bond donors (Lipinski definition) is 3. The number of nitrogens with one attached hydrogen (secondary N) is 1. The summed E-state index contributed by atoms with van der Waals surface area (Å²) in [5, 5.41) is 26.5. The third kappa shape index (κ3) is 10.4. The van der Waals surface area contributed by atoms with E-state index >= 15 is 0 Å². The molecule has 0 unspecified atom stereocenters. The predicted molar refractivity (Wildman–Crippen MR) is 107 cm³/mol. The first-order valence-electron chi connectivity index (χ1n) is 9.69. The molecule has 0 saturated heterocycles. The van der Waals surface area contributed by atoms with E-state index in [1.54, 1.807) is 34.6 Å². The summed E-state index contributed by atoms with van der Waals surface area (Å²) in [6.45, 7) is 12.9. The van der Waals surface area contributed by atoms with Gasteiger partial charge in [0.05, 0.1) is 18.1 Å². The zero-order valence-electron chi connectivity index (χ0n) is 18.0. The maximum absolute atomic E-state index is 12.2. The Morgan fingerprint density at radius 3 is 2.11 bits per heavy atom. The van der Waals surface area contributed by atoms with Crippen molar-refractivity contribution in [1.29, 1.82) is 0 Å². The lowest BCUT2D eigenvalue weighted by molar-refractivity contribution is -0.144. The third-order valence-corrected chi connectivity index (χ3v) is 4.66. The maximum Gasteiger partial charge on any atom is 0.407 e. The molecule has 0 spiro atoms. The summed E-state index contributed by atoms with van der Waals surface area (Å²) >= 11 is 0. The topological polar surface area (TPSA) is 145 Å². The summed E-state index contributed by atoms with van der Waals surface area (Å²) in [6, 6.07) is -0.725. The van der Waals surface area contributed by atoms with Crippen LogP contribution in [0.1, 0.15) is 61.3 Å². The van der Waals surface area contributed by atoms with Gasteiger partial charge in [-0.15, -0.1) is 0 Å². The zero-order valence-corrected chi connectivity index (χ0v) is 18.0. The SMILES string of the molecule is CC(C)[C@@H](CN=[N+]=[N-])C[C@H](NC(=O)OC(C)(C)C)[C@@H](O)C[C@H](C(=O)O)C(C)C. The molecule has 0 aromatic rings. The van der Waals surface area contributed by atoms with Gasteiger partial charge in [-0.05, 0) is 56.9 Å². The van der Waals surface area contributed by atoms with Gasteiger partial charge in [0.1, 0.15) is 5.60 Å². The number of ether oxygens (including phenoxy) is 1.